The van der Waals surface area contributed by atoms with E-state index in [-0.39, 0.29) is 31.4 Å². The van der Waals surface area contributed by atoms with Crippen molar-refractivity contribution >= 4 is 23.5 Å². The number of nitrogens with one attached hydrogen (secondary N) is 1. The van der Waals surface area contributed by atoms with Gasteiger partial charge >= 0.3 is 5.97 Å². The zero-order valence-corrected chi connectivity index (χ0v) is 14.8. The summed E-state index contributed by atoms with van der Waals surface area (Å²) in [5.74, 6) is -1.99. The van der Waals surface area contributed by atoms with Gasteiger partial charge in [-0.2, -0.15) is 0 Å². The number of amides is 2. The lowest BCUT2D eigenvalue weighted by Gasteiger charge is -2.26. The van der Waals surface area contributed by atoms with E-state index in [1.165, 1.54) is 0 Å². The molecule has 1 aromatic carbocycles. The molecule has 0 aliphatic carbocycles. The first-order valence-corrected chi connectivity index (χ1v) is 9.15. The van der Waals surface area contributed by atoms with Crippen LogP contribution in [0.5, 0.6) is 0 Å². The Bertz CT molecular complexity index is 793. The summed E-state index contributed by atoms with van der Waals surface area (Å²) in [4.78, 5) is 40.9. The molecular formula is C19H23N3O4. The summed E-state index contributed by atoms with van der Waals surface area (Å²) in [6, 6.07) is 5.66. The number of fused-ring (bicyclic) bond motifs is 2. The quantitative estimate of drug-likeness (QED) is 0.844. The third kappa shape index (κ3) is 2.29. The predicted octanol–water partition coefficient (Wildman–Crippen LogP) is 1.05. The molecule has 0 bridgehead atoms. The number of aliphatic carboxylic acids is 1. The molecule has 7 nitrogen and oxygen atoms in total. The Balaban J connectivity index is 1.64. The molecule has 2 fully saturated rings. The molecule has 0 unspecified atom stereocenters. The number of hydrogen-bond acceptors (Lipinski definition) is 4. The fraction of sp³-hybridized carbons (Fsp3) is 0.526. The molecule has 4 rings (SSSR count). The smallest absolute Gasteiger partial charge is 0.314 e. The molecule has 3 heterocycles. The minimum absolute atomic E-state index is 0.0811. The monoisotopic (exact) mass is 357 g/mol. The molecule has 0 saturated carbocycles. The first-order valence-electron chi connectivity index (χ1n) is 9.15. The van der Waals surface area contributed by atoms with Crippen molar-refractivity contribution < 1.29 is 19.5 Å². The zero-order valence-electron chi connectivity index (χ0n) is 14.8. The van der Waals surface area contributed by atoms with Crippen molar-refractivity contribution in [1.29, 1.82) is 0 Å². The maximum absolute atomic E-state index is 13.1. The van der Waals surface area contributed by atoms with Crippen molar-refractivity contribution in [2.45, 2.75) is 19.8 Å². The molecule has 0 radical (unpaired) electrons. The minimum atomic E-state index is -1.19. The van der Waals surface area contributed by atoms with Crippen LogP contribution >= 0.6 is 0 Å². The van der Waals surface area contributed by atoms with E-state index in [9.17, 15) is 19.5 Å². The number of para-hydroxylation sites is 1. The average Bonchev–Trinajstić information content (AvgIpc) is 3.16. The molecule has 2 atom stereocenters. The molecule has 2 saturated heterocycles. The third-order valence-electron chi connectivity index (χ3n) is 6.03. The van der Waals surface area contributed by atoms with Gasteiger partial charge in [-0.25, -0.2) is 0 Å². The van der Waals surface area contributed by atoms with Crippen LogP contribution in [0.1, 0.15) is 29.3 Å². The highest BCUT2D eigenvalue weighted by molar-refractivity contribution is 6.02. The molecule has 3 aliphatic rings. The SMILES string of the molecule is CCN1C[C@@]2(C(=O)O)CN(C(=O)c3cccc4c3NCCC4)C[C@H]2C1=O. The number of likely N-dealkylation sites (tertiary alicyclic amines) is 2. The van der Waals surface area contributed by atoms with E-state index < -0.39 is 17.3 Å². The molecule has 3 aliphatic heterocycles. The Hall–Kier alpha value is -2.57. The van der Waals surface area contributed by atoms with Crippen molar-refractivity contribution in [3.05, 3.63) is 29.3 Å². The molecule has 2 N–H and O–H groups in total. The number of aryl methyl sites for hydroxylation is 1. The number of carboxylic acids is 1. The van der Waals surface area contributed by atoms with Crippen LogP contribution < -0.4 is 5.32 Å². The molecule has 7 heteroatoms. The summed E-state index contributed by atoms with van der Waals surface area (Å²) in [6.45, 7) is 3.59. The third-order valence-corrected chi connectivity index (χ3v) is 6.03. The Morgan fingerprint density at radius 2 is 2.15 bits per heavy atom. The van der Waals surface area contributed by atoms with Gasteiger partial charge in [0.15, 0.2) is 0 Å². The highest BCUT2D eigenvalue weighted by Gasteiger charge is 2.62. The Morgan fingerprint density at radius 3 is 2.85 bits per heavy atom. The Labute approximate surface area is 152 Å². The predicted molar refractivity (Wildman–Crippen MR) is 95.0 cm³/mol. The molecule has 138 valence electrons. The van der Waals surface area contributed by atoms with Gasteiger partial charge in [0, 0.05) is 32.7 Å². The lowest BCUT2D eigenvalue weighted by atomic mass is 9.81. The van der Waals surface area contributed by atoms with E-state index in [1.807, 2.05) is 19.1 Å². The van der Waals surface area contributed by atoms with Crippen molar-refractivity contribution in [2.75, 3.05) is 38.0 Å². The van der Waals surface area contributed by atoms with Crippen molar-refractivity contribution in [1.82, 2.24) is 9.80 Å². The summed E-state index contributed by atoms with van der Waals surface area (Å²) < 4.78 is 0. The molecule has 0 spiro atoms. The molecule has 2 amide bonds. The molecule has 0 aromatic heterocycles. The van der Waals surface area contributed by atoms with Crippen LogP contribution in [-0.4, -0.2) is 65.4 Å². The van der Waals surface area contributed by atoms with Crippen LogP contribution in [-0.2, 0) is 16.0 Å². The van der Waals surface area contributed by atoms with Gasteiger partial charge < -0.3 is 20.2 Å². The van der Waals surface area contributed by atoms with Crippen molar-refractivity contribution in [3.63, 3.8) is 0 Å². The summed E-state index contributed by atoms with van der Waals surface area (Å²) in [5, 5.41) is 13.1. The maximum atomic E-state index is 13.1. The van der Waals surface area contributed by atoms with E-state index in [1.54, 1.807) is 15.9 Å². The van der Waals surface area contributed by atoms with Crippen LogP contribution in [0.15, 0.2) is 18.2 Å². The van der Waals surface area contributed by atoms with Gasteiger partial charge in [-0.3, -0.25) is 14.4 Å². The Morgan fingerprint density at radius 1 is 1.35 bits per heavy atom. The number of benzene rings is 1. The first kappa shape index (κ1) is 16.9. The number of rotatable bonds is 3. The normalized spacial score (nSPS) is 27.1. The number of carboxylic acid groups (broad SMARTS) is 1. The number of carbonyl (C=O) groups is 3. The maximum Gasteiger partial charge on any atom is 0.314 e. The number of nitrogens with zero attached hydrogens (tertiary/aromatic N) is 2. The van der Waals surface area contributed by atoms with Crippen LogP contribution in [0.25, 0.3) is 0 Å². The lowest BCUT2D eigenvalue weighted by Crippen LogP contribution is -2.42. The standard InChI is InChI=1S/C19H23N3O4/c1-2-21-10-19(18(25)26)11-22(9-14(19)17(21)24)16(23)13-7-3-5-12-6-4-8-20-15(12)13/h3,5,7,14,20H,2,4,6,8-11H2,1H3,(H,25,26)/t14-,19+/m0/s1. The van der Waals surface area contributed by atoms with Gasteiger partial charge in [0.25, 0.3) is 5.91 Å². The van der Waals surface area contributed by atoms with Gasteiger partial charge in [0.2, 0.25) is 5.91 Å². The van der Waals surface area contributed by atoms with E-state index in [0.29, 0.717) is 12.1 Å². The summed E-state index contributed by atoms with van der Waals surface area (Å²) in [7, 11) is 0. The molecule has 1 aromatic rings. The highest BCUT2D eigenvalue weighted by Crippen LogP contribution is 2.44. The van der Waals surface area contributed by atoms with Gasteiger partial charge in [0.05, 0.1) is 17.2 Å². The van der Waals surface area contributed by atoms with Crippen LogP contribution in [0.3, 0.4) is 0 Å². The number of carbonyl (C=O) groups excluding carboxylic acids is 2. The largest absolute Gasteiger partial charge is 0.481 e. The van der Waals surface area contributed by atoms with Crippen LogP contribution in [0, 0.1) is 11.3 Å². The van der Waals surface area contributed by atoms with E-state index >= 15 is 0 Å². The fourth-order valence-corrected chi connectivity index (χ4v) is 4.59. The zero-order chi connectivity index (χ0) is 18.5. The molecule has 26 heavy (non-hydrogen) atoms. The summed E-state index contributed by atoms with van der Waals surface area (Å²) in [5.41, 5.74) is 1.35. The topological polar surface area (TPSA) is 90.0 Å². The number of anilines is 1. The Kier molecular flexibility index (Phi) is 3.89. The first-order chi connectivity index (χ1) is 12.5. The lowest BCUT2D eigenvalue weighted by molar-refractivity contribution is -0.149. The van der Waals surface area contributed by atoms with Gasteiger partial charge in [-0.15, -0.1) is 0 Å². The second kappa shape index (κ2) is 6.00. The second-order valence-electron chi connectivity index (χ2n) is 7.42. The van der Waals surface area contributed by atoms with Gasteiger partial charge in [0.1, 0.15) is 5.41 Å². The van der Waals surface area contributed by atoms with Crippen LogP contribution in [0.4, 0.5) is 5.69 Å². The minimum Gasteiger partial charge on any atom is -0.481 e. The van der Waals surface area contributed by atoms with Crippen molar-refractivity contribution in [2.24, 2.45) is 11.3 Å². The highest BCUT2D eigenvalue weighted by atomic mass is 16.4. The summed E-state index contributed by atoms with van der Waals surface area (Å²) >= 11 is 0. The van der Waals surface area contributed by atoms with E-state index in [0.717, 1.165) is 30.6 Å². The van der Waals surface area contributed by atoms with E-state index in [4.69, 9.17) is 0 Å². The van der Waals surface area contributed by atoms with Crippen LogP contribution in [0.2, 0.25) is 0 Å². The average molecular weight is 357 g/mol. The summed E-state index contributed by atoms with van der Waals surface area (Å²) in [6.07, 6.45) is 1.95. The van der Waals surface area contributed by atoms with E-state index in [2.05, 4.69) is 5.32 Å². The van der Waals surface area contributed by atoms with Gasteiger partial charge in [-0.1, -0.05) is 12.1 Å². The fourth-order valence-electron chi connectivity index (χ4n) is 4.59. The second-order valence-corrected chi connectivity index (χ2v) is 7.42. The van der Waals surface area contributed by atoms with Crippen molar-refractivity contribution in [3.8, 4) is 0 Å². The molecular weight excluding hydrogens is 334 g/mol. The number of hydrogen-bond donors (Lipinski definition) is 2. The van der Waals surface area contributed by atoms with Gasteiger partial charge in [-0.05, 0) is 31.4 Å².